The van der Waals surface area contributed by atoms with Crippen molar-refractivity contribution in [3.63, 3.8) is 0 Å². The number of piperazine rings is 1. The number of fused-ring (bicyclic) bond motifs is 1. The number of amides is 1. The fraction of sp³-hybridized carbons (Fsp3) is 0.529. The number of thiazole rings is 1. The summed E-state index contributed by atoms with van der Waals surface area (Å²) in [5.41, 5.74) is 0.147. The molecule has 8 nitrogen and oxygen atoms in total. The first-order valence-corrected chi connectivity index (χ1v) is 9.25. The van der Waals surface area contributed by atoms with E-state index in [9.17, 15) is 14.9 Å². The van der Waals surface area contributed by atoms with Crippen LogP contribution in [0.5, 0.6) is 0 Å². The Hall–Kier alpha value is -2.42. The van der Waals surface area contributed by atoms with E-state index in [1.807, 2.05) is 27.7 Å². The van der Waals surface area contributed by atoms with E-state index in [-0.39, 0.29) is 17.8 Å². The van der Waals surface area contributed by atoms with Gasteiger partial charge in [0.15, 0.2) is 5.13 Å². The number of nitro groups is 1. The molecule has 3 rings (SSSR count). The Balaban J connectivity index is 1.73. The zero-order valence-corrected chi connectivity index (χ0v) is 16.1. The quantitative estimate of drug-likeness (QED) is 0.585. The molecular weight excluding hydrogens is 356 g/mol. The van der Waals surface area contributed by atoms with Crippen LogP contribution in [0.15, 0.2) is 18.2 Å². The van der Waals surface area contributed by atoms with E-state index in [1.54, 1.807) is 11.0 Å². The summed E-state index contributed by atoms with van der Waals surface area (Å²) in [4.78, 5) is 31.2. The lowest BCUT2D eigenvalue weighted by molar-refractivity contribution is -0.384. The van der Waals surface area contributed by atoms with Crippen LogP contribution < -0.4 is 4.90 Å². The molecule has 0 aliphatic carbocycles. The molecule has 1 aromatic heterocycles. The smallest absolute Gasteiger partial charge is 0.410 e. The third-order valence-corrected chi connectivity index (χ3v) is 5.19. The van der Waals surface area contributed by atoms with Crippen molar-refractivity contribution in [2.45, 2.75) is 39.3 Å². The number of benzene rings is 1. The summed E-state index contributed by atoms with van der Waals surface area (Å²) in [6.45, 7) is 9.37. The number of carbonyl (C=O) groups is 1. The number of rotatable bonds is 2. The fourth-order valence-corrected chi connectivity index (χ4v) is 3.86. The molecule has 2 aromatic rings. The van der Waals surface area contributed by atoms with E-state index >= 15 is 0 Å². The molecule has 0 saturated carbocycles. The first kappa shape index (κ1) is 18.4. The van der Waals surface area contributed by atoms with Crippen molar-refractivity contribution in [2.24, 2.45) is 0 Å². The Kier molecular flexibility index (Phi) is 4.74. The molecule has 0 bridgehead atoms. The SMILES string of the molecule is CC1CN(c2nc3cc([N+](=O)[O-])ccc3s2)CCN1C(=O)OC(C)(C)C. The highest BCUT2D eigenvalue weighted by atomic mass is 32.1. The molecule has 1 amide bonds. The van der Waals surface area contributed by atoms with Gasteiger partial charge in [-0.2, -0.15) is 0 Å². The average Bonchev–Trinajstić information content (AvgIpc) is 2.95. The van der Waals surface area contributed by atoms with E-state index in [4.69, 9.17) is 4.74 Å². The standard InChI is InChI=1S/C17H22N4O4S/c1-11-10-19(7-8-20(11)16(22)25-17(2,3)4)15-18-13-9-12(21(23)24)5-6-14(13)26-15/h5-6,9,11H,7-8,10H2,1-4H3. The summed E-state index contributed by atoms with van der Waals surface area (Å²) >= 11 is 1.50. The predicted molar refractivity (Wildman–Crippen MR) is 101 cm³/mol. The molecule has 1 aliphatic heterocycles. The molecule has 26 heavy (non-hydrogen) atoms. The monoisotopic (exact) mass is 378 g/mol. The van der Waals surface area contributed by atoms with Crippen molar-refractivity contribution < 1.29 is 14.5 Å². The maximum absolute atomic E-state index is 12.3. The summed E-state index contributed by atoms with van der Waals surface area (Å²) in [7, 11) is 0. The van der Waals surface area contributed by atoms with Crippen molar-refractivity contribution in [2.75, 3.05) is 24.5 Å². The van der Waals surface area contributed by atoms with Gasteiger partial charge in [-0.05, 0) is 33.8 Å². The van der Waals surface area contributed by atoms with Crippen LogP contribution in [0.4, 0.5) is 15.6 Å². The Morgan fingerprint density at radius 3 is 2.73 bits per heavy atom. The van der Waals surface area contributed by atoms with Crippen LogP contribution in [0.25, 0.3) is 10.2 Å². The molecule has 0 radical (unpaired) electrons. The summed E-state index contributed by atoms with van der Waals surface area (Å²) in [6, 6.07) is 4.71. The Morgan fingerprint density at radius 2 is 2.12 bits per heavy atom. The molecule has 0 spiro atoms. The fourth-order valence-electron chi connectivity index (χ4n) is 2.88. The van der Waals surface area contributed by atoms with Crippen LogP contribution in [0.2, 0.25) is 0 Å². The summed E-state index contributed by atoms with van der Waals surface area (Å²) in [5.74, 6) is 0. The van der Waals surface area contributed by atoms with E-state index in [0.717, 1.165) is 9.83 Å². The number of ether oxygens (including phenoxy) is 1. The van der Waals surface area contributed by atoms with Crippen molar-refractivity contribution >= 4 is 38.5 Å². The van der Waals surface area contributed by atoms with Gasteiger partial charge in [0.25, 0.3) is 5.69 Å². The van der Waals surface area contributed by atoms with Crippen molar-refractivity contribution in [1.82, 2.24) is 9.88 Å². The van der Waals surface area contributed by atoms with Crippen LogP contribution in [0.3, 0.4) is 0 Å². The number of carbonyl (C=O) groups excluding carboxylic acids is 1. The molecule has 2 heterocycles. The minimum Gasteiger partial charge on any atom is -0.444 e. The van der Waals surface area contributed by atoms with Gasteiger partial charge in [0, 0.05) is 37.8 Å². The lowest BCUT2D eigenvalue weighted by Crippen LogP contribution is -2.55. The molecular formula is C17H22N4O4S. The number of non-ortho nitro benzene ring substituents is 1. The zero-order chi connectivity index (χ0) is 19.1. The van der Waals surface area contributed by atoms with Crippen molar-refractivity contribution in [1.29, 1.82) is 0 Å². The van der Waals surface area contributed by atoms with Crippen LogP contribution in [-0.2, 0) is 4.74 Å². The first-order chi connectivity index (χ1) is 12.1. The Morgan fingerprint density at radius 1 is 1.38 bits per heavy atom. The van der Waals surface area contributed by atoms with E-state index in [0.29, 0.717) is 25.2 Å². The third-order valence-electron chi connectivity index (χ3n) is 4.10. The normalized spacial score (nSPS) is 18.2. The average molecular weight is 378 g/mol. The second kappa shape index (κ2) is 6.71. The molecule has 1 unspecified atom stereocenters. The van der Waals surface area contributed by atoms with Crippen molar-refractivity contribution in [3.8, 4) is 0 Å². The predicted octanol–water partition coefficient (Wildman–Crippen LogP) is 3.65. The maximum atomic E-state index is 12.3. The van der Waals surface area contributed by atoms with Gasteiger partial charge in [0.2, 0.25) is 0 Å². The first-order valence-electron chi connectivity index (χ1n) is 8.43. The van der Waals surface area contributed by atoms with Crippen LogP contribution >= 0.6 is 11.3 Å². The number of hydrogen-bond acceptors (Lipinski definition) is 7. The highest BCUT2D eigenvalue weighted by molar-refractivity contribution is 7.22. The summed E-state index contributed by atoms with van der Waals surface area (Å²) in [5, 5.41) is 11.7. The lowest BCUT2D eigenvalue weighted by Gasteiger charge is -2.40. The van der Waals surface area contributed by atoms with Gasteiger partial charge in [-0.15, -0.1) is 0 Å². The molecule has 1 aliphatic rings. The highest BCUT2D eigenvalue weighted by Crippen LogP contribution is 2.32. The number of aromatic nitrogens is 1. The number of nitro benzene ring substituents is 1. The summed E-state index contributed by atoms with van der Waals surface area (Å²) in [6.07, 6.45) is -0.301. The van der Waals surface area contributed by atoms with Crippen LogP contribution in [-0.4, -0.2) is 52.2 Å². The Bertz CT molecular complexity index is 845. The molecule has 1 saturated heterocycles. The molecule has 9 heteroatoms. The minimum absolute atomic E-state index is 0.0139. The van der Waals surface area contributed by atoms with Gasteiger partial charge >= 0.3 is 6.09 Å². The van der Waals surface area contributed by atoms with Gasteiger partial charge in [0.1, 0.15) is 5.60 Å². The highest BCUT2D eigenvalue weighted by Gasteiger charge is 2.31. The van der Waals surface area contributed by atoms with Gasteiger partial charge in [-0.3, -0.25) is 10.1 Å². The lowest BCUT2D eigenvalue weighted by atomic mass is 10.2. The van der Waals surface area contributed by atoms with Gasteiger partial charge in [-0.1, -0.05) is 11.3 Å². The number of nitrogens with zero attached hydrogens (tertiary/aromatic N) is 4. The molecule has 1 atom stereocenters. The van der Waals surface area contributed by atoms with Gasteiger partial charge in [0.05, 0.1) is 15.1 Å². The van der Waals surface area contributed by atoms with Crippen LogP contribution in [0, 0.1) is 10.1 Å². The molecule has 1 fully saturated rings. The summed E-state index contributed by atoms with van der Waals surface area (Å²) < 4.78 is 6.37. The molecule has 140 valence electrons. The van der Waals surface area contributed by atoms with Gasteiger partial charge in [-0.25, -0.2) is 9.78 Å². The molecule has 0 N–H and O–H groups in total. The number of anilines is 1. The van der Waals surface area contributed by atoms with Crippen molar-refractivity contribution in [3.05, 3.63) is 28.3 Å². The largest absolute Gasteiger partial charge is 0.444 e. The molecule has 1 aromatic carbocycles. The van der Waals surface area contributed by atoms with Crippen LogP contribution in [0.1, 0.15) is 27.7 Å². The van der Waals surface area contributed by atoms with E-state index < -0.39 is 10.5 Å². The minimum atomic E-state index is -0.518. The van der Waals surface area contributed by atoms with E-state index in [1.165, 1.54) is 23.5 Å². The van der Waals surface area contributed by atoms with E-state index in [2.05, 4.69) is 9.88 Å². The second-order valence-electron chi connectivity index (χ2n) is 7.37. The Labute approximate surface area is 155 Å². The maximum Gasteiger partial charge on any atom is 0.410 e. The second-order valence-corrected chi connectivity index (χ2v) is 8.38. The third kappa shape index (κ3) is 3.87. The zero-order valence-electron chi connectivity index (χ0n) is 15.3. The number of hydrogen-bond donors (Lipinski definition) is 0. The van der Waals surface area contributed by atoms with Gasteiger partial charge < -0.3 is 14.5 Å². The topological polar surface area (TPSA) is 88.8 Å².